The Bertz CT molecular complexity index is 1430. The Morgan fingerprint density at radius 1 is 0.487 bits per heavy atom. The van der Waals surface area contributed by atoms with Crippen molar-refractivity contribution in [2.75, 3.05) is 19.8 Å². The number of esters is 1. The van der Waals surface area contributed by atoms with Crippen molar-refractivity contribution in [2.24, 2.45) is 0 Å². The van der Waals surface area contributed by atoms with Gasteiger partial charge >= 0.3 is 5.97 Å². The molecule has 0 saturated carbocycles. The largest absolute Gasteiger partial charge is 0.466 e. The third-order valence-electron chi connectivity index (χ3n) is 15.5. The molecule has 0 aromatic rings. The van der Waals surface area contributed by atoms with E-state index < -0.39 is 49.5 Å². The Morgan fingerprint density at radius 3 is 1.35 bits per heavy atom. The monoisotopic (exact) mass is 1100 g/mol. The number of amides is 1. The van der Waals surface area contributed by atoms with E-state index in [4.69, 9.17) is 14.2 Å². The average molecular weight is 1100 g/mol. The van der Waals surface area contributed by atoms with Gasteiger partial charge in [-0.25, -0.2) is 0 Å². The third kappa shape index (κ3) is 45.3. The topological polar surface area (TPSA) is 175 Å². The van der Waals surface area contributed by atoms with E-state index in [9.17, 15) is 35.1 Å². The molecule has 1 rings (SSSR count). The van der Waals surface area contributed by atoms with Crippen LogP contribution in [-0.2, 0) is 23.8 Å². The lowest BCUT2D eigenvalue weighted by molar-refractivity contribution is -0.302. The number of unbranched alkanes of at least 4 members (excludes halogenated alkanes) is 38. The van der Waals surface area contributed by atoms with Gasteiger partial charge in [0.1, 0.15) is 24.4 Å². The highest BCUT2D eigenvalue weighted by molar-refractivity contribution is 5.76. The molecule has 1 aliphatic heterocycles. The van der Waals surface area contributed by atoms with Gasteiger partial charge in [-0.3, -0.25) is 9.59 Å². The number of rotatable bonds is 57. The van der Waals surface area contributed by atoms with E-state index in [1.54, 1.807) is 6.08 Å². The molecule has 11 heteroatoms. The van der Waals surface area contributed by atoms with Crippen molar-refractivity contribution in [1.29, 1.82) is 0 Å². The summed E-state index contributed by atoms with van der Waals surface area (Å²) in [5.41, 5.74) is 0. The Kier molecular flexibility index (Phi) is 53.3. The highest BCUT2D eigenvalue weighted by Crippen LogP contribution is 2.23. The number of ether oxygens (including phenoxy) is 3. The first-order valence-electron chi connectivity index (χ1n) is 32.9. The van der Waals surface area contributed by atoms with Gasteiger partial charge in [0.15, 0.2) is 6.29 Å². The molecule has 7 unspecified atom stereocenters. The number of hydrogen-bond donors (Lipinski definition) is 6. The van der Waals surface area contributed by atoms with Crippen molar-refractivity contribution < 1.29 is 49.3 Å². The van der Waals surface area contributed by atoms with E-state index in [0.717, 1.165) is 83.5 Å². The molecule has 1 heterocycles. The number of nitrogens with one attached hydrogen (secondary N) is 1. The quantitative estimate of drug-likeness (QED) is 0.0195. The van der Waals surface area contributed by atoms with E-state index in [1.807, 2.05) is 19.1 Å². The molecule has 0 aliphatic carbocycles. The first kappa shape index (κ1) is 73.6. The summed E-state index contributed by atoms with van der Waals surface area (Å²) in [4.78, 5) is 25.1. The predicted octanol–water partition coefficient (Wildman–Crippen LogP) is 16.0. The van der Waals surface area contributed by atoms with Crippen LogP contribution in [0.15, 0.2) is 48.6 Å². The van der Waals surface area contributed by atoms with Crippen LogP contribution in [0.3, 0.4) is 0 Å². The van der Waals surface area contributed by atoms with E-state index >= 15 is 0 Å². The molecule has 456 valence electrons. The second-order valence-corrected chi connectivity index (χ2v) is 22.8. The molecule has 1 saturated heterocycles. The third-order valence-corrected chi connectivity index (χ3v) is 15.5. The normalized spacial score (nSPS) is 18.8. The Hall–Kier alpha value is -2.38. The Morgan fingerprint density at radius 2 is 0.885 bits per heavy atom. The van der Waals surface area contributed by atoms with E-state index in [-0.39, 0.29) is 18.5 Å². The second kappa shape index (κ2) is 56.5. The number of carbonyl (C=O) groups is 2. The van der Waals surface area contributed by atoms with Crippen molar-refractivity contribution in [3.05, 3.63) is 48.6 Å². The van der Waals surface area contributed by atoms with Gasteiger partial charge in [0.05, 0.1) is 32.0 Å². The maximum atomic E-state index is 13.0. The maximum Gasteiger partial charge on any atom is 0.305 e. The molecule has 0 radical (unpaired) electrons. The zero-order chi connectivity index (χ0) is 56.6. The molecule has 0 aromatic carbocycles. The first-order valence-corrected chi connectivity index (χ1v) is 32.9. The minimum absolute atomic E-state index is 0.00124. The molecular weight excluding hydrogens is 979 g/mol. The second-order valence-electron chi connectivity index (χ2n) is 22.8. The van der Waals surface area contributed by atoms with Crippen LogP contribution in [0.5, 0.6) is 0 Å². The van der Waals surface area contributed by atoms with Gasteiger partial charge in [0, 0.05) is 12.8 Å². The maximum absolute atomic E-state index is 13.0. The lowest BCUT2D eigenvalue weighted by Gasteiger charge is -2.40. The van der Waals surface area contributed by atoms with Crippen molar-refractivity contribution in [3.8, 4) is 0 Å². The summed E-state index contributed by atoms with van der Waals surface area (Å²) in [6.07, 6.45) is 62.7. The summed E-state index contributed by atoms with van der Waals surface area (Å²) in [6.45, 7) is 4.10. The van der Waals surface area contributed by atoms with Crippen molar-refractivity contribution in [2.45, 2.75) is 346 Å². The highest BCUT2D eigenvalue weighted by atomic mass is 16.7. The lowest BCUT2D eigenvalue weighted by atomic mass is 9.99. The number of hydrogen-bond acceptors (Lipinski definition) is 10. The number of carbonyl (C=O) groups excluding carboxylic acids is 2. The number of aliphatic hydroxyl groups is 5. The Balaban J connectivity index is 1.96. The molecule has 78 heavy (non-hydrogen) atoms. The van der Waals surface area contributed by atoms with Crippen molar-refractivity contribution in [1.82, 2.24) is 5.32 Å². The molecule has 0 spiro atoms. The summed E-state index contributed by atoms with van der Waals surface area (Å²) in [7, 11) is 0. The standard InChI is InChI=1S/C67H123NO10/c1-3-5-7-9-11-13-14-15-16-17-22-26-29-32-35-39-43-47-51-55-63(72)76-56-52-48-44-40-36-33-30-27-24-21-19-18-20-23-25-28-31-34-38-42-46-50-54-62(71)68-59(60(70)53-49-45-41-37-12-10-8-6-4-2)58-77-67-66(75)65(74)64(73)61(57-69)78-67/h4,6,12,20,23,37,49,53,59-61,64-67,69-70,73-75H,3,5,7-11,13-19,21-22,24-36,38-48,50-52,54-58H2,1-2H3,(H,68,71)/b6-4+,23-20-,37-12+,53-49+. The van der Waals surface area contributed by atoms with Crippen LogP contribution in [0.25, 0.3) is 0 Å². The van der Waals surface area contributed by atoms with Crippen LogP contribution >= 0.6 is 0 Å². The number of allylic oxidation sites excluding steroid dienone is 7. The van der Waals surface area contributed by atoms with Crippen molar-refractivity contribution in [3.63, 3.8) is 0 Å². The molecule has 7 atom stereocenters. The van der Waals surface area contributed by atoms with Crippen LogP contribution < -0.4 is 5.32 Å². The molecule has 11 nitrogen and oxygen atoms in total. The SMILES string of the molecule is C/C=C/CC/C=C/CC/C=C/C(O)C(COC1OC(CO)C(O)C(O)C1O)NC(=O)CCCCCCCCC/C=C\CCCCCCCCCCCCCOC(=O)CCCCCCCCCCCCCCCCCCCCC. The molecular formula is C67H123NO10. The van der Waals surface area contributed by atoms with Gasteiger partial charge in [0.2, 0.25) is 5.91 Å². The van der Waals surface area contributed by atoms with Gasteiger partial charge in [-0.05, 0) is 77.6 Å². The Labute approximate surface area is 478 Å². The predicted molar refractivity (Wildman–Crippen MR) is 324 cm³/mol. The average Bonchev–Trinajstić information content (AvgIpc) is 3.44. The molecule has 6 N–H and O–H groups in total. The van der Waals surface area contributed by atoms with Crippen LogP contribution in [0.2, 0.25) is 0 Å². The van der Waals surface area contributed by atoms with Crippen molar-refractivity contribution >= 4 is 11.9 Å². The summed E-state index contributed by atoms with van der Waals surface area (Å²) in [5, 5.41) is 54.2. The smallest absolute Gasteiger partial charge is 0.305 e. The van der Waals surface area contributed by atoms with E-state index in [0.29, 0.717) is 19.4 Å². The summed E-state index contributed by atoms with van der Waals surface area (Å²) < 4.78 is 16.7. The van der Waals surface area contributed by atoms with Gasteiger partial charge in [-0.15, -0.1) is 0 Å². The molecule has 0 bridgehead atoms. The molecule has 1 amide bonds. The fourth-order valence-corrected chi connectivity index (χ4v) is 10.3. The van der Waals surface area contributed by atoms with Crippen LogP contribution in [0.1, 0.15) is 303 Å². The van der Waals surface area contributed by atoms with Gasteiger partial charge in [-0.1, -0.05) is 261 Å². The van der Waals surface area contributed by atoms with Gasteiger partial charge in [-0.2, -0.15) is 0 Å². The van der Waals surface area contributed by atoms with Crippen LogP contribution in [0, 0.1) is 0 Å². The minimum atomic E-state index is -1.58. The van der Waals surface area contributed by atoms with E-state index in [1.165, 1.54) is 193 Å². The molecule has 1 aliphatic rings. The van der Waals surface area contributed by atoms with Crippen LogP contribution in [0.4, 0.5) is 0 Å². The highest BCUT2D eigenvalue weighted by Gasteiger charge is 2.44. The van der Waals surface area contributed by atoms with Crippen LogP contribution in [-0.4, -0.2) is 100 Å². The summed E-state index contributed by atoms with van der Waals surface area (Å²) in [6, 6.07) is -0.839. The van der Waals surface area contributed by atoms with Gasteiger partial charge in [0.25, 0.3) is 0 Å². The fraction of sp³-hybridized carbons (Fsp3) is 0.851. The number of aliphatic hydroxyl groups excluding tert-OH is 5. The summed E-state index contributed by atoms with van der Waals surface area (Å²) >= 11 is 0. The molecule has 1 fully saturated rings. The fourth-order valence-electron chi connectivity index (χ4n) is 10.3. The first-order chi connectivity index (χ1) is 38.2. The van der Waals surface area contributed by atoms with E-state index in [2.05, 4.69) is 42.6 Å². The zero-order valence-corrected chi connectivity index (χ0v) is 50.4. The molecule has 0 aromatic heterocycles. The summed E-state index contributed by atoms with van der Waals surface area (Å²) in [5.74, 6) is -0.205. The lowest BCUT2D eigenvalue weighted by Crippen LogP contribution is -2.60. The minimum Gasteiger partial charge on any atom is -0.466 e. The van der Waals surface area contributed by atoms with Gasteiger partial charge < -0.3 is 45.1 Å². The zero-order valence-electron chi connectivity index (χ0n) is 50.4.